The van der Waals surface area contributed by atoms with E-state index in [1.54, 1.807) is 0 Å². The van der Waals surface area contributed by atoms with Crippen LogP contribution >= 0.6 is 0 Å². The minimum absolute atomic E-state index is 0.0159. The molecule has 10 nitrogen and oxygen atoms in total. The van der Waals surface area contributed by atoms with Gasteiger partial charge in [-0.25, -0.2) is 4.79 Å². The molecule has 2 rings (SSSR count). The molecule has 2 aromatic carbocycles. The SMILES string of the molecule is COCCNc1ccc([N+](=O)[O-])cc1C(=O)OCc1ccc([N+](=O)[O-])cc1. The van der Waals surface area contributed by atoms with Gasteiger partial charge in [-0.05, 0) is 23.8 Å². The normalized spacial score (nSPS) is 10.3. The van der Waals surface area contributed by atoms with Crippen LogP contribution in [0.25, 0.3) is 0 Å². The number of esters is 1. The van der Waals surface area contributed by atoms with Crippen LogP contribution in [0.5, 0.6) is 0 Å². The van der Waals surface area contributed by atoms with Crippen LogP contribution in [0.2, 0.25) is 0 Å². The van der Waals surface area contributed by atoms with Crippen LogP contribution in [0.3, 0.4) is 0 Å². The number of benzene rings is 2. The molecule has 0 spiro atoms. The Morgan fingerprint density at radius 3 is 2.26 bits per heavy atom. The fourth-order valence-corrected chi connectivity index (χ4v) is 2.20. The van der Waals surface area contributed by atoms with Crippen molar-refractivity contribution < 1.29 is 24.1 Å². The Hall–Kier alpha value is -3.53. The molecule has 142 valence electrons. The highest BCUT2D eigenvalue weighted by Crippen LogP contribution is 2.23. The second kappa shape index (κ2) is 9.25. The summed E-state index contributed by atoms with van der Waals surface area (Å²) in [6.45, 7) is 0.655. The molecule has 0 unspecified atom stereocenters. The van der Waals surface area contributed by atoms with Crippen molar-refractivity contribution in [2.24, 2.45) is 0 Å². The van der Waals surface area contributed by atoms with E-state index < -0.39 is 15.8 Å². The average molecular weight is 375 g/mol. The number of carbonyl (C=O) groups is 1. The highest BCUT2D eigenvalue weighted by molar-refractivity contribution is 5.96. The third kappa shape index (κ3) is 5.47. The van der Waals surface area contributed by atoms with Crippen LogP contribution in [0, 0.1) is 20.2 Å². The number of anilines is 1. The molecule has 0 aliphatic rings. The summed E-state index contributed by atoms with van der Waals surface area (Å²) in [5.74, 6) is -0.753. The molecule has 0 aliphatic carbocycles. The molecular formula is C17H17N3O7. The van der Waals surface area contributed by atoms with Gasteiger partial charge in [-0.15, -0.1) is 0 Å². The maximum Gasteiger partial charge on any atom is 0.340 e. The molecule has 0 aromatic heterocycles. The first kappa shape index (κ1) is 19.8. The predicted molar refractivity (Wildman–Crippen MR) is 95.7 cm³/mol. The van der Waals surface area contributed by atoms with Gasteiger partial charge in [-0.3, -0.25) is 20.2 Å². The molecule has 0 bridgehead atoms. The van der Waals surface area contributed by atoms with Crippen molar-refractivity contribution in [2.75, 3.05) is 25.6 Å². The summed E-state index contributed by atoms with van der Waals surface area (Å²) >= 11 is 0. The minimum Gasteiger partial charge on any atom is -0.457 e. The van der Waals surface area contributed by atoms with Gasteiger partial charge in [0, 0.05) is 43.6 Å². The number of ether oxygens (including phenoxy) is 2. The van der Waals surface area contributed by atoms with Crippen molar-refractivity contribution in [1.82, 2.24) is 0 Å². The summed E-state index contributed by atoms with van der Waals surface area (Å²) in [6.07, 6.45) is 0. The molecule has 10 heteroatoms. The summed E-state index contributed by atoms with van der Waals surface area (Å²) in [4.78, 5) is 32.9. The van der Waals surface area contributed by atoms with Crippen molar-refractivity contribution in [3.8, 4) is 0 Å². The fraction of sp³-hybridized carbons (Fsp3) is 0.235. The van der Waals surface area contributed by atoms with Crippen molar-refractivity contribution in [1.29, 1.82) is 0 Å². The maximum atomic E-state index is 12.4. The molecule has 2 aromatic rings. The molecule has 0 saturated carbocycles. The summed E-state index contributed by atoms with van der Waals surface area (Å²) in [6, 6.07) is 9.38. The first-order valence-electron chi connectivity index (χ1n) is 7.84. The Kier molecular flexibility index (Phi) is 6.78. The molecule has 27 heavy (non-hydrogen) atoms. The Morgan fingerprint density at radius 1 is 1.04 bits per heavy atom. The fourth-order valence-electron chi connectivity index (χ4n) is 2.20. The Bertz CT molecular complexity index is 837. The molecule has 0 atom stereocenters. The third-order valence-electron chi connectivity index (χ3n) is 3.57. The van der Waals surface area contributed by atoms with Gasteiger partial charge in [-0.2, -0.15) is 0 Å². The number of nitrogens with one attached hydrogen (secondary N) is 1. The van der Waals surface area contributed by atoms with Gasteiger partial charge in [-0.1, -0.05) is 0 Å². The number of non-ortho nitro benzene ring substituents is 2. The zero-order valence-corrected chi connectivity index (χ0v) is 14.4. The molecule has 0 saturated heterocycles. The number of nitrogens with zero attached hydrogens (tertiary/aromatic N) is 2. The second-order valence-electron chi connectivity index (χ2n) is 5.41. The number of carbonyl (C=O) groups excluding carboxylic acids is 1. The standard InChI is InChI=1S/C17H17N3O7/c1-26-9-8-18-16-7-6-14(20(24)25)10-15(16)17(21)27-11-12-2-4-13(5-3-12)19(22)23/h2-7,10,18H,8-9,11H2,1H3. The van der Waals surface area contributed by atoms with E-state index in [1.807, 2.05) is 0 Å². The van der Waals surface area contributed by atoms with Gasteiger partial charge in [0.2, 0.25) is 0 Å². The molecule has 0 aliphatic heterocycles. The topological polar surface area (TPSA) is 134 Å². The molecular weight excluding hydrogens is 358 g/mol. The number of methoxy groups -OCH3 is 1. The predicted octanol–water partition coefficient (Wildman–Crippen LogP) is 2.92. The number of nitro groups is 2. The molecule has 0 fully saturated rings. The second-order valence-corrected chi connectivity index (χ2v) is 5.41. The van der Waals surface area contributed by atoms with Gasteiger partial charge in [0.25, 0.3) is 11.4 Å². The van der Waals surface area contributed by atoms with Crippen LogP contribution in [0.4, 0.5) is 17.1 Å². The average Bonchev–Trinajstić information content (AvgIpc) is 2.66. The van der Waals surface area contributed by atoms with E-state index in [-0.39, 0.29) is 23.5 Å². The number of hydrogen-bond donors (Lipinski definition) is 1. The van der Waals surface area contributed by atoms with Crippen LogP contribution < -0.4 is 5.32 Å². The highest BCUT2D eigenvalue weighted by atomic mass is 16.6. The van der Waals surface area contributed by atoms with Gasteiger partial charge < -0.3 is 14.8 Å². The van der Waals surface area contributed by atoms with Crippen molar-refractivity contribution in [3.63, 3.8) is 0 Å². The lowest BCUT2D eigenvalue weighted by Gasteiger charge is -2.11. The molecule has 0 heterocycles. The highest BCUT2D eigenvalue weighted by Gasteiger charge is 2.18. The summed E-state index contributed by atoms with van der Waals surface area (Å²) in [5.41, 5.74) is 0.629. The number of nitro benzene ring substituents is 2. The zero-order chi connectivity index (χ0) is 19.8. The van der Waals surface area contributed by atoms with Crippen LogP contribution in [0.15, 0.2) is 42.5 Å². The monoisotopic (exact) mass is 375 g/mol. The Balaban J connectivity index is 2.13. The smallest absolute Gasteiger partial charge is 0.340 e. The van der Waals surface area contributed by atoms with Gasteiger partial charge in [0.05, 0.1) is 22.0 Å². The Labute approximate surface area is 154 Å². The van der Waals surface area contributed by atoms with E-state index in [0.29, 0.717) is 24.4 Å². The van der Waals surface area contributed by atoms with E-state index in [9.17, 15) is 25.0 Å². The number of hydrogen-bond acceptors (Lipinski definition) is 8. The van der Waals surface area contributed by atoms with Crippen LogP contribution in [-0.4, -0.2) is 36.1 Å². The van der Waals surface area contributed by atoms with Crippen LogP contribution in [0.1, 0.15) is 15.9 Å². The van der Waals surface area contributed by atoms with E-state index in [1.165, 1.54) is 43.5 Å². The quantitative estimate of drug-likeness (QED) is 0.306. The van der Waals surface area contributed by atoms with E-state index in [2.05, 4.69) is 5.32 Å². The largest absolute Gasteiger partial charge is 0.457 e. The van der Waals surface area contributed by atoms with Crippen LogP contribution in [-0.2, 0) is 16.1 Å². The zero-order valence-electron chi connectivity index (χ0n) is 14.4. The van der Waals surface area contributed by atoms with Crippen molar-refractivity contribution in [2.45, 2.75) is 6.61 Å². The first-order chi connectivity index (χ1) is 12.9. The van der Waals surface area contributed by atoms with E-state index >= 15 is 0 Å². The lowest BCUT2D eigenvalue weighted by atomic mass is 10.1. The molecule has 0 amide bonds. The van der Waals surface area contributed by atoms with E-state index in [0.717, 1.165) is 6.07 Å². The Morgan fingerprint density at radius 2 is 1.67 bits per heavy atom. The summed E-state index contributed by atoms with van der Waals surface area (Å²) in [7, 11) is 1.52. The van der Waals surface area contributed by atoms with Crippen molar-refractivity contribution >= 4 is 23.0 Å². The third-order valence-corrected chi connectivity index (χ3v) is 3.57. The van der Waals surface area contributed by atoms with Gasteiger partial charge in [0.15, 0.2) is 0 Å². The maximum absolute atomic E-state index is 12.4. The number of rotatable bonds is 9. The molecule has 0 radical (unpaired) electrons. The summed E-state index contributed by atoms with van der Waals surface area (Å²) < 4.78 is 10.1. The minimum atomic E-state index is -0.753. The first-order valence-corrected chi connectivity index (χ1v) is 7.84. The lowest BCUT2D eigenvalue weighted by Crippen LogP contribution is -2.13. The van der Waals surface area contributed by atoms with Crippen molar-refractivity contribution in [3.05, 3.63) is 73.8 Å². The molecule has 1 N–H and O–H groups in total. The summed E-state index contributed by atoms with van der Waals surface area (Å²) in [5, 5.41) is 24.6. The van der Waals surface area contributed by atoms with E-state index in [4.69, 9.17) is 9.47 Å². The lowest BCUT2D eigenvalue weighted by molar-refractivity contribution is -0.385. The van der Waals surface area contributed by atoms with Gasteiger partial charge in [0.1, 0.15) is 6.61 Å². The van der Waals surface area contributed by atoms with Gasteiger partial charge >= 0.3 is 5.97 Å².